The third-order valence-electron chi connectivity index (χ3n) is 2.40. The van der Waals surface area contributed by atoms with Crippen LogP contribution in [0.1, 0.15) is 43.3 Å². The summed E-state index contributed by atoms with van der Waals surface area (Å²) in [5.74, 6) is -0.135. The molecule has 0 unspecified atom stereocenters. The van der Waals surface area contributed by atoms with Crippen LogP contribution in [0.4, 0.5) is 5.00 Å². The number of thiophene rings is 1. The number of nitrogens with one attached hydrogen (secondary N) is 1. The van der Waals surface area contributed by atoms with E-state index in [4.69, 9.17) is 4.74 Å². The van der Waals surface area contributed by atoms with Crippen LogP contribution >= 0.6 is 11.3 Å². The van der Waals surface area contributed by atoms with Gasteiger partial charge in [-0.15, -0.1) is 11.3 Å². The Morgan fingerprint density at radius 2 is 2.00 bits per heavy atom. The smallest absolute Gasteiger partial charge is 0.348 e. The summed E-state index contributed by atoms with van der Waals surface area (Å²) in [6.07, 6.45) is 1.94. The predicted molar refractivity (Wildman–Crippen MR) is 70.8 cm³/mol. The standard InChI is InChI=1S/C13H17NO3S/c1-13(2,3)17-12(16)9-6-7-10(18-9)14-11(15)8-4-5-8/h6-8H,4-5H2,1-3H3,(H,14,15). The van der Waals surface area contributed by atoms with E-state index in [9.17, 15) is 9.59 Å². The van der Waals surface area contributed by atoms with Crippen molar-refractivity contribution >= 4 is 28.2 Å². The first-order valence-corrected chi connectivity index (χ1v) is 6.81. The van der Waals surface area contributed by atoms with Gasteiger partial charge in [-0.25, -0.2) is 4.79 Å². The van der Waals surface area contributed by atoms with Gasteiger partial charge < -0.3 is 10.1 Å². The Morgan fingerprint density at radius 3 is 2.56 bits per heavy atom. The number of carbonyl (C=O) groups excluding carboxylic acids is 2. The lowest BCUT2D eigenvalue weighted by molar-refractivity contribution is -0.117. The molecule has 0 saturated heterocycles. The Labute approximate surface area is 110 Å². The van der Waals surface area contributed by atoms with E-state index in [1.165, 1.54) is 11.3 Å². The normalized spacial score (nSPS) is 15.3. The SMILES string of the molecule is CC(C)(C)OC(=O)c1ccc(NC(=O)C2CC2)s1. The number of hydrogen-bond donors (Lipinski definition) is 1. The van der Waals surface area contributed by atoms with E-state index in [0.717, 1.165) is 12.8 Å². The number of ether oxygens (including phenoxy) is 1. The van der Waals surface area contributed by atoms with E-state index in [0.29, 0.717) is 9.88 Å². The molecule has 0 bridgehead atoms. The second-order valence-electron chi connectivity index (χ2n) is 5.43. The number of hydrogen-bond acceptors (Lipinski definition) is 4. The van der Waals surface area contributed by atoms with E-state index in [-0.39, 0.29) is 17.8 Å². The van der Waals surface area contributed by atoms with Gasteiger partial charge in [0.1, 0.15) is 10.5 Å². The van der Waals surface area contributed by atoms with Gasteiger partial charge in [0.25, 0.3) is 0 Å². The quantitative estimate of drug-likeness (QED) is 0.856. The summed E-state index contributed by atoms with van der Waals surface area (Å²) < 4.78 is 5.26. The van der Waals surface area contributed by atoms with Crippen LogP contribution in [0.15, 0.2) is 12.1 Å². The lowest BCUT2D eigenvalue weighted by Gasteiger charge is -2.18. The summed E-state index contributed by atoms with van der Waals surface area (Å²) in [4.78, 5) is 23.9. The summed E-state index contributed by atoms with van der Waals surface area (Å²) in [7, 11) is 0. The van der Waals surface area contributed by atoms with Crippen molar-refractivity contribution in [3.8, 4) is 0 Å². The highest BCUT2D eigenvalue weighted by Crippen LogP contribution is 2.31. The molecule has 1 saturated carbocycles. The van der Waals surface area contributed by atoms with Crippen molar-refractivity contribution < 1.29 is 14.3 Å². The first kappa shape index (κ1) is 13.1. The van der Waals surface area contributed by atoms with E-state index in [1.807, 2.05) is 20.8 Å². The van der Waals surface area contributed by atoms with Crippen LogP contribution in [0.5, 0.6) is 0 Å². The molecule has 0 aromatic carbocycles. The third kappa shape index (κ3) is 3.57. The van der Waals surface area contributed by atoms with E-state index in [1.54, 1.807) is 12.1 Å². The lowest BCUT2D eigenvalue weighted by atomic mass is 10.2. The highest BCUT2D eigenvalue weighted by atomic mass is 32.1. The number of anilines is 1. The number of rotatable bonds is 3. The number of amides is 1. The van der Waals surface area contributed by atoms with Crippen LogP contribution in [-0.2, 0) is 9.53 Å². The van der Waals surface area contributed by atoms with Crippen molar-refractivity contribution in [3.05, 3.63) is 17.0 Å². The first-order valence-electron chi connectivity index (χ1n) is 5.99. The Balaban J connectivity index is 1.96. The molecule has 2 rings (SSSR count). The zero-order valence-electron chi connectivity index (χ0n) is 10.8. The Hall–Kier alpha value is -1.36. The van der Waals surface area contributed by atoms with Gasteiger partial charge in [-0.1, -0.05) is 0 Å². The minimum Gasteiger partial charge on any atom is -0.456 e. The molecule has 18 heavy (non-hydrogen) atoms. The van der Waals surface area contributed by atoms with Crippen molar-refractivity contribution in [1.29, 1.82) is 0 Å². The molecule has 1 amide bonds. The summed E-state index contributed by atoms with van der Waals surface area (Å²) in [5.41, 5.74) is -0.501. The van der Waals surface area contributed by atoms with Gasteiger partial charge in [0, 0.05) is 5.92 Å². The van der Waals surface area contributed by atoms with Crippen LogP contribution in [0.3, 0.4) is 0 Å². The van der Waals surface area contributed by atoms with Crippen LogP contribution in [0, 0.1) is 5.92 Å². The molecule has 1 N–H and O–H groups in total. The summed E-state index contributed by atoms with van der Waals surface area (Å²) in [6, 6.07) is 3.42. The predicted octanol–water partition coefficient (Wildman–Crippen LogP) is 3.05. The molecular weight excluding hydrogens is 250 g/mol. The van der Waals surface area contributed by atoms with Crippen molar-refractivity contribution in [2.24, 2.45) is 5.92 Å². The molecule has 0 radical (unpaired) electrons. The van der Waals surface area contributed by atoms with Crippen molar-refractivity contribution in [2.45, 2.75) is 39.2 Å². The average Bonchev–Trinajstić information content (AvgIpc) is 2.97. The van der Waals surface area contributed by atoms with Crippen LogP contribution in [0.2, 0.25) is 0 Å². The van der Waals surface area contributed by atoms with Gasteiger partial charge in [0.15, 0.2) is 0 Å². The molecule has 1 aliphatic rings. The lowest BCUT2D eigenvalue weighted by Crippen LogP contribution is -2.23. The zero-order chi connectivity index (χ0) is 13.3. The molecule has 1 heterocycles. The Morgan fingerprint density at radius 1 is 1.33 bits per heavy atom. The summed E-state index contributed by atoms with van der Waals surface area (Å²) >= 11 is 1.25. The van der Waals surface area contributed by atoms with Gasteiger partial charge in [0.2, 0.25) is 5.91 Å². The van der Waals surface area contributed by atoms with E-state index < -0.39 is 5.60 Å². The molecule has 1 fully saturated rings. The third-order valence-corrected chi connectivity index (χ3v) is 3.38. The maximum Gasteiger partial charge on any atom is 0.348 e. The first-order chi connectivity index (χ1) is 8.35. The van der Waals surface area contributed by atoms with Crippen LogP contribution in [-0.4, -0.2) is 17.5 Å². The molecule has 1 aromatic heterocycles. The molecular formula is C13H17NO3S. The highest BCUT2D eigenvalue weighted by Gasteiger charge is 2.30. The molecule has 1 aliphatic carbocycles. The summed E-state index contributed by atoms with van der Waals surface area (Å²) in [5, 5.41) is 3.52. The maximum absolute atomic E-state index is 11.8. The topological polar surface area (TPSA) is 55.4 Å². The van der Waals surface area contributed by atoms with Gasteiger partial charge >= 0.3 is 5.97 Å². The number of carbonyl (C=O) groups is 2. The molecule has 98 valence electrons. The zero-order valence-corrected chi connectivity index (χ0v) is 11.6. The fourth-order valence-corrected chi connectivity index (χ4v) is 2.20. The van der Waals surface area contributed by atoms with Gasteiger partial charge in [-0.2, -0.15) is 0 Å². The molecule has 5 heteroatoms. The molecule has 4 nitrogen and oxygen atoms in total. The minimum atomic E-state index is -0.501. The van der Waals surface area contributed by atoms with Crippen molar-refractivity contribution in [2.75, 3.05) is 5.32 Å². The fraction of sp³-hybridized carbons (Fsp3) is 0.538. The average molecular weight is 267 g/mol. The van der Waals surface area contributed by atoms with Gasteiger partial charge in [-0.05, 0) is 45.7 Å². The van der Waals surface area contributed by atoms with Gasteiger partial charge in [-0.3, -0.25) is 4.79 Å². The molecule has 0 atom stereocenters. The molecule has 1 aromatic rings. The van der Waals surface area contributed by atoms with Crippen molar-refractivity contribution in [3.63, 3.8) is 0 Å². The van der Waals surface area contributed by atoms with Gasteiger partial charge in [0.05, 0.1) is 5.00 Å². The van der Waals surface area contributed by atoms with E-state index in [2.05, 4.69) is 5.32 Å². The molecule has 0 aliphatic heterocycles. The second-order valence-corrected chi connectivity index (χ2v) is 6.51. The largest absolute Gasteiger partial charge is 0.456 e. The maximum atomic E-state index is 11.8. The second kappa shape index (κ2) is 4.72. The highest BCUT2D eigenvalue weighted by molar-refractivity contribution is 7.18. The van der Waals surface area contributed by atoms with Crippen molar-refractivity contribution in [1.82, 2.24) is 0 Å². The Kier molecular flexibility index (Phi) is 3.43. The Bertz CT molecular complexity index is 469. The fourth-order valence-electron chi connectivity index (χ4n) is 1.41. The summed E-state index contributed by atoms with van der Waals surface area (Å²) in [6.45, 7) is 5.48. The van der Waals surface area contributed by atoms with Crippen LogP contribution in [0.25, 0.3) is 0 Å². The van der Waals surface area contributed by atoms with E-state index >= 15 is 0 Å². The number of esters is 1. The monoisotopic (exact) mass is 267 g/mol. The molecule has 0 spiro atoms. The van der Waals surface area contributed by atoms with Crippen LogP contribution < -0.4 is 5.32 Å². The minimum absolute atomic E-state index is 0.0487.